The lowest BCUT2D eigenvalue weighted by atomic mass is 9.65. The molecule has 2 aliphatic heterocycles. The second kappa shape index (κ2) is 8.33. The van der Waals surface area contributed by atoms with E-state index in [-0.39, 0.29) is 5.82 Å². The molecule has 3 aliphatic rings. The highest BCUT2D eigenvalue weighted by atomic mass is 19.1. The third-order valence-corrected chi connectivity index (χ3v) is 7.37. The highest BCUT2D eigenvalue weighted by molar-refractivity contribution is 5.77. The van der Waals surface area contributed by atoms with Crippen molar-refractivity contribution < 1.29 is 9.18 Å². The Bertz CT molecular complexity index is 938. The number of pyridine rings is 1. The monoisotopic (exact) mass is 404 g/mol. The lowest BCUT2D eigenvalue weighted by Crippen LogP contribution is -2.57. The summed E-state index contributed by atoms with van der Waals surface area (Å²) in [5, 5.41) is 0. The Balaban J connectivity index is 1.37. The average Bonchev–Trinajstić information content (AvgIpc) is 2.78. The standard InChI is InChI=1S/C26H29FN2O/c27-21-7-3-6-19(15-21)24-14-12-18(16-28-24)11-13-23-22-8-2-1-5-20(22)17-29-25(23)9-4-10-26(29)30/h3,6-7,11-16,20,22-23,25H,1-2,4-5,8-10,17H2/b13-11+/t20?,22?,23?,25-/m1/s1. The number of hydrogen-bond acceptors (Lipinski definition) is 2. The first-order valence-electron chi connectivity index (χ1n) is 11.4. The third kappa shape index (κ3) is 3.80. The highest BCUT2D eigenvalue weighted by Crippen LogP contribution is 2.45. The molecule has 0 spiro atoms. The van der Waals surface area contributed by atoms with Crippen molar-refractivity contribution in [3.8, 4) is 11.3 Å². The lowest BCUT2D eigenvalue weighted by Gasteiger charge is -2.52. The molecule has 0 bridgehead atoms. The van der Waals surface area contributed by atoms with E-state index in [0.29, 0.717) is 29.7 Å². The molecule has 3 heterocycles. The molecular formula is C26H29FN2O. The van der Waals surface area contributed by atoms with Crippen LogP contribution in [0.3, 0.4) is 0 Å². The van der Waals surface area contributed by atoms with Crippen molar-refractivity contribution in [1.82, 2.24) is 9.88 Å². The first-order chi connectivity index (χ1) is 14.7. The van der Waals surface area contributed by atoms with E-state index in [4.69, 9.17) is 0 Å². The van der Waals surface area contributed by atoms with Gasteiger partial charge in [-0.05, 0) is 61.3 Å². The number of carbonyl (C=O) groups is 1. The van der Waals surface area contributed by atoms with Crippen LogP contribution < -0.4 is 0 Å². The van der Waals surface area contributed by atoms with E-state index >= 15 is 0 Å². The van der Waals surface area contributed by atoms with Crippen LogP contribution in [0.1, 0.15) is 50.5 Å². The summed E-state index contributed by atoms with van der Waals surface area (Å²) in [6, 6.07) is 10.9. The lowest BCUT2D eigenvalue weighted by molar-refractivity contribution is -0.144. The topological polar surface area (TPSA) is 33.2 Å². The van der Waals surface area contributed by atoms with Gasteiger partial charge < -0.3 is 4.90 Å². The summed E-state index contributed by atoms with van der Waals surface area (Å²) in [5.74, 6) is 1.90. The van der Waals surface area contributed by atoms with Crippen molar-refractivity contribution in [3.05, 3.63) is 60.1 Å². The Hall–Kier alpha value is -2.49. The number of amides is 1. The normalized spacial score (nSPS) is 29.0. The predicted molar refractivity (Wildman–Crippen MR) is 117 cm³/mol. The van der Waals surface area contributed by atoms with Gasteiger partial charge in [0.05, 0.1) is 5.69 Å². The Morgan fingerprint density at radius 3 is 2.80 bits per heavy atom. The van der Waals surface area contributed by atoms with Crippen LogP contribution in [0.15, 0.2) is 48.7 Å². The molecule has 1 aromatic heterocycles. The summed E-state index contributed by atoms with van der Waals surface area (Å²) in [5.41, 5.74) is 2.63. The largest absolute Gasteiger partial charge is 0.339 e. The Kier molecular flexibility index (Phi) is 5.41. The van der Waals surface area contributed by atoms with Crippen LogP contribution in [0.5, 0.6) is 0 Å². The smallest absolute Gasteiger partial charge is 0.222 e. The zero-order chi connectivity index (χ0) is 20.5. The molecule has 3 fully saturated rings. The van der Waals surface area contributed by atoms with Gasteiger partial charge in [-0.1, -0.05) is 43.2 Å². The number of carbonyl (C=O) groups excluding carboxylic acids is 1. The molecule has 3 unspecified atom stereocenters. The van der Waals surface area contributed by atoms with Crippen LogP contribution in [0.2, 0.25) is 0 Å². The van der Waals surface area contributed by atoms with Crippen molar-refractivity contribution in [3.63, 3.8) is 0 Å². The number of rotatable bonds is 3. The van der Waals surface area contributed by atoms with Crippen molar-refractivity contribution in [2.45, 2.75) is 51.0 Å². The van der Waals surface area contributed by atoms with Gasteiger partial charge in [-0.2, -0.15) is 0 Å². The van der Waals surface area contributed by atoms with Crippen LogP contribution >= 0.6 is 0 Å². The second-order valence-electron chi connectivity index (χ2n) is 9.14. The fourth-order valence-electron chi connectivity index (χ4n) is 5.91. The molecule has 1 amide bonds. The van der Waals surface area contributed by atoms with Crippen molar-refractivity contribution in [1.29, 1.82) is 0 Å². The molecule has 30 heavy (non-hydrogen) atoms. The van der Waals surface area contributed by atoms with Crippen LogP contribution in [0, 0.1) is 23.6 Å². The van der Waals surface area contributed by atoms with E-state index < -0.39 is 0 Å². The fourth-order valence-corrected chi connectivity index (χ4v) is 5.91. The van der Waals surface area contributed by atoms with Crippen molar-refractivity contribution in [2.75, 3.05) is 6.54 Å². The average molecular weight is 405 g/mol. The minimum absolute atomic E-state index is 0.246. The fraction of sp³-hybridized carbons (Fsp3) is 0.462. The van der Waals surface area contributed by atoms with Crippen LogP contribution in [0.4, 0.5) is 4.39 Å². The first kappa shape index (κ1) is 19.5. The molecule has 1 saturated carbocycles. The molecule has 5 rings (SSSR count). The molecule has 1 aliphatic carbocycles. The molecule has 2 aromatic rings. The van der Waals surface area contributed by atoms with Crippen molar-refractivity contribution >= 4 is 12.0 Å². The molecule has 0 radical (unpaired) electrons. The Morgan fingerprint density at radius 2 is 1.97 bits per heavy atom. The summed E-state index contributed by atoms with van der Waals surface area (Å²) in [6.45, 7) is 0.975. The Morgan fingerprint density at radius 1 is 1.07 bits per heavy atom. The molecule has 156 valence electrons. The molecule has 4 heteroatoms. The molecule has 4 atom stereocenters. The van der Waals surface area contributed by atoms with Gasteiger partial charge in [0.15, 0.2) is 0 Å². The van der Waals surface area contributed by atoms with Crippen LogP contribution in [-0.4, -0.2) is 28.4 Å². The van der Waals surface area contributed by atoms with Gasteiger partial charge in [-0.25, -0.2) is 4.39 Å². The summed E-state index contributed by atoms with van der Waals surface area (Å²) >= 11 is 0. The van der Waals surface area contributed by atoms with Crippen LogP contribution in [-0.2, 0) is 4.79 Å². The zero-order valence-corrected chi connectivity index (χ0v) is 17.3. The predicted octanol–water partition coefficient (Wildman–Crippen LogP) is 5.72. The zero-order valence-electron chi connectivity index (χ0n) is 17.3. The van der Waals surface area contributed by atoms with Crippen LogP contribution in [0.25, 0.3) is 17.3 Å². The molecule has 2 saturated heterocycles. The van der Waals surface area contributed by atoms with E-state index in [9.17, 15) is 9.18 Å². The summed E-state index contributed by atoms with van der Waals surface area (Å²) < 4.78 is 13.5. The van der Waals surface area contributed by atoms with Gasteiger partial charge in [0, 0.05) is 36.7 Å². The number of aromatic nitrogens is 1. The van der Waals surface area contributed by atoms with E-state index in [1.54, 1.807) is 6.07 Å². The second-order valence-corrected chi connectivity index (χ2v) is 9.14. The van der Waals surface area contributed by atoms with Gasteiger partial charge in [-0.15, -0.1) is 0 Å². The van der Waals surface area contributed by atoms with Gasteiger partial charge in [-0.3, -0.25) is 9.78 Å². The van der Waals surface area contributed by atoms with Gasteiger partial charge in [0.25, 0.3) is 0 Å². The maximum atomic E-state index is 13.5. The number of hydrogen-bond donors (Lipinski definition) is 0. The van der Waals surface area contributed by atoms with Gasteiger partial charge in [0.1, 0.15) is 5.82 Å². The number of piperidine rings is 2. The maximum absolute atomic E-state index is 13.5. The molecule has 1 aromatic carbocycles. The number of fused-ring (bicyclic) bond motifs is 2. The summed E-state index contributed by atoms with van der Waals surface area (Å²) in [6.07, 6.45) is 14.4. The number of nitrogens with zero attached hydrogens (tertiary/aromatic N) is 2. The summed E-state index contributed by atoms with van der Waals surface area (Å²) in [4.78, 5) is 19.3. The maximum Gasteiger partial charge on any atom is 0.222 e. The number of halogens is 1. The van der Waals surface area contributed by atoms with Gasteiger partial charge >= 0.3 is 0 Å². The van der Waals surface area contributed by atoms with Crippen molar-refractivity contribution in [2.24, 2.45) is 17.8 Å². The summed E-state index contributed by atoms with van der Waals surface area (Å²) in [7, 11) is 0. The van der Waals surface area contributed by atoms with E-state index in [1.165, 1.54) is 37.8 Å². The molecule has 3 nitrogen and oxygen atoms in total. The van der Waals surface area contributed by atoms with E-state index in [0.717, 1.165) is 42.6 Å². The number of benzene rings is 1. The molecule has 0 N–H and O–H groups in total. The highest BCUT2D eigenvalue weighted by Gasteiger charge is 2.45. The quantitative estimate of drug-likeness (QED) is 0.656. The SMILES string of the molecule is O=C1CCC[C@@H]2C(/C=C/c3ccc(-c4cccc(F)c4)nc3)C3CCCCC3CN12. The van der Waals surface area contributed by atoms with E-state index in [1.807, 2.05) is 18.3 Å². The third-order valence-electron chi connectivity index (χ3n) is 7.37. The Labute approximate surface area is 178 Å². The first-order valence-corrected chi connectivity index (χ1v) is 11.4. The van der Waals surface area contributed by atoms with Gasteiger partial charge in [0.2, 0.25) is 5.91 Å². The minimum Gasteiger partial charge on any atom is -0.339 e. The minimum atomic E-state index is -0.246. The van der Waals surface area contributed by atoms with E-state index in [2.05, 4.69) is 28.1 Å². The molecular weight excluding hydrogens is 375 g/mol.